The maximum Gasteiger partial charge on any atom is 0.216 e. The lowest BCUT2D eigenvalue weighted by Gasteiger charge is -2.39. The van der Waals surface area contributed by atoms with Crippen LogP contribution in [0.15, 0.2) is 18.6 Å². The van der Waals surface area contributed by atoms with Crippen molar-refractivity contribution in [1.82, 2.24) is 15.3 Å². The number of piperidine rings is 1. The number of ether oxygens (including phenoxy) is 1. The highest BCUT2D eigenvalue weighted by atomic mass is 16.5. The molecule has 0 bridgehead atoms. The number of aromatic nitrogens is 2. The number of anilines is 1. The van der Waals surface area contributed by atoms with Gasteiger partial charge in [-0.1, -0.05) is 0 Å². The predicted octanol–water partition coefficient (Wildman–Crippen LogP) is 1.13. The number of hydrogen-bond acceptors (Lipinski definition) is 5. The summed E-state index contributed by atoms with van der Waals surface area (Å²) in [6.07, 6.45) is 7.71. The van der Waals surface area contributed by atoms with Gasteiger partial charge in [-0.3, -0.25) is 4.79 Å². The van der Waals surface area contributed by atoms with Gasteiger partial charge >= 0.3 is 0 Å². The van der Waals surface area contributed by atoms with Crippen LogP contribution in [0, 0.1) is 0 Å². The number of carbonyl (C=O) groups excluding carboxylic acids is 1. The second-order valence-electron chi connectivity index (χ2n) is 5.95. The van der Waals surface area contributed by atoms with E-state index in [0.717, 1.165) is 44.6 Å². The van der Waals surface area contributed by atoms with E-state index < -0.39 is 0 Å². The molecule has 3 heterocycles. The first-order valence-corrected chi connectivity index (χ1v) is 7.60. The first-order chi connectivity index (χ1) is 10.2. The molecule has 2 aliphatic rings. The largest absolute Gasteiger partial charge is 0.370 e. The normalized spacial score (nSPS) is 24.2. The van der Waals surface area contributed by atoms with Crippen molar-refractivity contribution in [3.05, 3.63) is 18.6 Å². The van der Waals surface area contributed by atoms with Gasteiger partial charge in [0.25, 0.3) is 0 Å². The Morgan fingerprint density at radius 1 is 1.48 bits per heavy atom. The third kappa shape index (κ3) is 3.32. The summed E-state index contributed by atoms with van der Waals surface area (Å²) in [7, 11) is 0. The predicted molar refractivity (Wildman–Crippen MR) is 79.0 cm³/mol. The number of amides is 1. The number of carbonyl (C=O) groups is 1. The van der Waals surface area contributed by atoms with Gasteiger partial charge in [-0.05, 0) is 31.7 Å². The summed E-state index contributed by atoms with van der Waals surface area (Å²) in [4.78, 5) is 21.5. The van der Waals surface area contributed by atoms with Crippen molar-refractivity contribution < 1.29 is 9.53 Å². The van der Waals surface area contributed by atoms with Gasteiger partial charge in [0.15, 0.2) is 0 Å². The van der Waals surface area contributed by atoms with Crippen LogP contribution in [0.2, 0.25) is 0 Å². The lowest BCUT2D eigenvalue weighted by atomic mass is 9.88. The molecule has 0 aliphatic carbocycles. The van der Waals surface area contributed by atoms with Crippen molar-refractivity contribution in [3.63, 3.8) is 0 Å². The van der Waals surface area contributed by atoms with Crippen LogP contribution < -0.4 is 10.2 Å². The molecule has 1 N–H and O–H groups in total. The van der Waals surface area contributed by atoms with E-state index in [1.807, 2.05) is 6.07 Å². The van der Waals surface area contributed by atoms with E-state index in [4.69, 9.17) is 4.74 Å². The number of nitrogens with one attached hydrogen (secondary N) is 1. The Morgan fingerprint density at radius 2 is 2.29 bits per heavy atom. The van der Waals surface area contributed by atoms with Crippen LogP contribution in [0.25, 0.3) is 0 Å². The molecule has 0 radical (unpaired) electrons. The summed E-state index contributed by atoms with van der Waals surface area (Å²) >= 11 is 0. The lowest BCUT2D eigenvalue weighted by Crippen LogP contribution is -2.45. The van der Waals surface area contributed by atoms with Gasteiger partial charge in [-0.2, -0.15) is 0 Å². The maximum atomic E-state index is 11.0. The molecule has 3 rings (SSSR count). The van der Waals surface area contributed by atoms with Gasteiger partial charge in [-0.25, -0.2) is 9.97 Å². The minimum atomic E-state index is 0.00661. The zero-order valence-electron chi connectivity index (χ0n) is 12.4. The van der Waals surface area contributed by atoms with E-state index in [9.17, 15) is 4.79 Å². The highest BCUT2D eigenvalue weighted by Crippen LogP contribution is 2.39. The summed E-state index contributed by atoms with van der Waals surface area (Å²) in [5.74, 6) is 1.01. The van der Waals surface area contributed by atoms with Crippen LogP contribution >= 0.6 is 0 Å². The third-order valence-electron chi connectivity index (χ3n) is 4.48. The number of nitrogens with zero attached hydrogens (tertiary/aromatic N) is 3. The van der Waals surface area contributed by atoms with Gasteiger partial charge in [0.1, 0.15) is 12.1 Å². The average Bonchev–Trinajstić information content (AvgIpc) is 2.90. The average molecular weight is 290 g/mol. The molecule has 0 aromatic carbocycles. The lowest BCUT2D eigenvalue weighted by molar-refractivity contribution is -0.120. The van der Waals surface area contributed by atoms with Crippen molar-refractivity contribution in [2.45, 2.75) is 44.3 Å². The molecule has 2 fully saturated rings. The monoisotopic (exact) mass is 290 g/mol. The molecule has 1 atom stereocenters. The summed E-state index contributed by atoms with van der Waals surface area (Å²) in [5.41, 5.74) is 0.00661. The Hall–Kier alpha value is -1.69. The Kier molecular flexibility index (Phi) is 4.05. The summed E-state index contributed by atoms with van der Waals surface area (Å²) in [6.45, 7) is 4.10. The molecule has 1 aromatic rings. The van der Waals surface area contributed by atoms with Crippen molar-refractivity contribution >= 4 is 11.7 Å². The van der Waals surface area contributed by atoms with Crippen LogP contribution in [0.3, 0.4) is 0 Å². The minimum absolute atomic E-state index is 0.00661. The van der Waals surface area contributed by atoms with Gasteiger partial charge in [0.2, 0.25) is 5.91 Å². The summed E-state index contributed by atoms with van der Waals surface area (Å²) in [5, 5.41) is 2.85. The van der Waals surface area contributed by atoms with Crippen LogP contribution in [0.1, 0.15) is 32.6 Å². The first kappa shape index (κ1) is 14.3. The second-order valence-corrected chi connectivity index (χ2v) is 5.95. The zero-order valence-corrected chi connectivity index (χ0v) is 12.4. The Morgan fingerprint density at radius 3 is 2.95 bits per heavy atom. The quantitative estimate of drug-likeness (QED) is 0.904. The van der Waals surface area contributed by atoms with E-state index in [1.165, 1.54) is 0 Å². The Bertz CT molecular complexity index is 486. The van der Waals surface area contributed by atoms with E-state index in [0.29, 0.717) is 6.54 Å². The molecule has 6 heteroatoms. The fourth-order valence-corrected chi connectivity index (χ4v) is 3.28. The Balaban J connectivity index is 1.53. The van der Waals surface area contributed by atoms with E-state index in [1.54, 1.807) is 19.4 Å². The summed E-state index contributed by atoms with van der Waals surface area (Å²) in [6, 6.07) is 1.95. The molecule has 2 saturated heterocycles. The van der Waals surface area contributed by atoms with Crippen LogP contribution in [-0.4, -0.2) is 47.2 Å². The second kappa shape index (κ2) is 5.97. The maximum absolute atomic E-state index is 11.0. The molecule has 114 valence electrons. The fraction of sp³-hybridized carbons (Fsp3) is 0.667. The minimum Gasteiger partial charge on any atom is -0.370 e. The number of hydrogen-bond donors (Lipinski definition) is 1. The topological polar surface area (TPSA) is 67.4 Å². The van der Waals surface area contributed by atoms with Crippen LogP contribution in [0.4, 0.5) is 5.82 Å². The van der Waals surface area contributed by atoms with Gasteiger partial charge in [0.05, 0.1) is 11.7 Å². The molecular formula is C15H22N4O2. The first-order valence-electron chi connectivity index (χ1n) is 7.60. The molecule has 0 unspecified atom stereocenters. The van der Waals surface area contributed by atoms with Gasteiger partial charge in [-0.15, -0.1) is 0 Å². The molecule has 1 aromatic heterocycles. The van der Waals surface area contributed by atoms with Crippen molar-refractivity contribution in [2.24, 2.45) is 0 Å². The summed E-state index contributed by atoms with van der Waals surface area (Å²) < 4.78 is 6.25. The molecule has 21 heavy (non-hydrogen) atoms. The van der Waals surface area contributed by atoms with Crippen molar-refractivity contribution in [2.75, 3.05) is 24.5 Å². The fourth-order valence-electron chi connectivity index (χ4n) is 3.28. The highest BCUT2D eigenvalue weighted by molar-refractivity contribution is 5.72. The van der Waals surface area contributed by atoms with E-state index in [2.05, 4.69) is 20.2 Å². The molecule has 1 spiro atoms. The zero-order chi connectivity index (χ0) is 14.7. The Labute approximate surface area is 124 Å². The molecular weight excluding hydrogens is 268 g/mol. The van der Waals surface area contributed by atoms with Crippen LogP contribution in [-0.2, 0) is 9.53 Å². The van der Waals surface area contributed by atoms with Crippen molar-refractivity contribution in [1.29, 1.82) is 0 Å². The highest BCUT2D eigenvalue weighted by Gasteiger charge is 2.42. The SMILES string of the molecule is CC(=O)NC[C@@H]1CCC2(CCN(c3ccncn3)CC2)O1. The standard InChI is InChI=1S/C15H22N4O2/c1-12(20)17-10-13-2-4-15(21-13)5-8-19(9-6-15)14-3-7-16-11-18-14/h3,7,11,13H,2,4-6,8-10H2,1H3,(H,17,20)/t13-/m0/s1. The molecule has 0 saturated carbocycles. The van der Waals surface area contributed by atoms with Crippen LogP contribution in [0.5, 0.6) is 0 Å². The van der Waals surface area contributed by atoms with Crippen molar-refractivity contribution in [3.8, 4) is 0 Å². The third-order valence-corrected chi connectivity index (χ3v) is 4.48. The van der Waals surface area contributed by atoms with Gasteiger partial charge in [0, 0.05) is 32.8 Å². The van der Waals surface area contributed by atoms with E-state index >= 15 is 0 Å². The van der Waals surface area contributed by atoms with Gasteiger partial charge < -0.3 is 15.0 Å². The molecule has 2 aliphatic heterocycles. The van der Waals surface area contributed by atoms with E-state index in [-0.39, 0.29) is 17.6 Å². The smallest absolute Gasteiger partial charge is 0.216 e. The number of rotatable bonds is 3. The molecule has 6 nitrogen and oxygen atoms in total. The molecule has 1 amide bonds.